The first-order valence-corrected chi connectivity index (χ1v) is 8.63. The molecule has 0 aromatic heterocycles. The number of nitrogens with one attached hydrogen (secondary N) is 2. The van der Waals surface area contributed by atoms with Gasteiger partial charge in [0.05, 0.1) is 11.1 Å². The lowest BCUT2D eigenvalue weighted by Gasteiger charge is -2.13. The van der Waals surface area contributed by atoms with E-state index < -0.39 is 5.97 Å². The average Bonchev–Trinajstić information content (AvgIpc) is 2.68. The summed E-state index contributed by atoms with van der Waals surface area (Å²) in [4.78, 5) is 23.8. The van der Waals surface area contributed by atoms with Crippen LogP contribution >= 0.6 is 11.6 Å². The molecule has 0 aliphatic rings. The number of carbonyl (C=O) groups is 2. The molecule has 0 radical (unpaired) electrons. The highest BCUT2D eigenvalue weighted by Crippen LogP contribution is 2.23. The van der Waals surface area contributed by atoms with Crippen molar-refractivity contribution in [3.63, 3.8) is 0 Å². The summed E-state index contributed by atoms with van der Waals surface area (Å²) in [5.41, 5.74) is 2.58. The maximum absolute atomic E-state index is 12.7. The molecule has 3 N–H and O–H groups in total. The van der Waals surface area contributed by atoms with Gasteiger partial charge in [0, 0.05) is 24.4 Å². The van der Waals surface area contributed by atoms with Gasteiger partial charge < -0.3 is 15.7 Å². The van der Waals surface area contributed by atoms with E-state index in [1.807, 2.05) is 30.3 Å². The molecule has 0 atom stereocenters. The topological polar surface area (TPSA) is 78.4 Å². The second-order valence-corrected chi connectivity index (χ2v) is 6.31. The molecule has 1 amide bonds. The largest absolute Gasteiger partial charge is 0.478 e. The molecule has 27 heavy (non-hydrogen) atoms. The molecular formula is C21H19ClN2O3. The summed E-state index contributed by atoms with van der Waals surface area (Å²) < 4.78 is 0. The maximum atomic E-state index is 12.7. The van der Waals surface area contributed by atoms with Gasteiger partial charge in [0.1, 0.15) is 0 Å². The van der Waals surface area contributed by atoms with Gasteiger partial charge in [-0.2, -0.15) is 0 Å². The molecule has 0 bridgehead atoms. The Morgan fingerprint density at radius 3 is 2.48 bits per heavy atom. The van der Waals surface area contributed by atoms with Gasteiger partial charge >= 0.3 is 5.97 Å². The highest BCUT2D eigenvalue weighted by molar-refractivity contribution is 6.31. The molecule has 0 heterocycles. The third-order valence-electron chi connectivity index (χ3n) is 3.92. The lowest BCUT2D eigenvalue weighted by Crippen LogP contribution is -2.15. The summed E-state index contributed by atoms with van der Waals surface area (Å²) in [5.74, 6) is -1.44. The number of rotatable bonds is 6. The summed E-state index contributed by atoms with van der Waals surface area (Å²) in [7, 11) is 0. The van der Waals surface area contributed by atoms with Gasteiger partial charge in [0.25, 0.3) is 5.91 Å². The highest BCUT2D eigenvalue weighted by atomic mass is 35.5. The van der Waals surface area contributed by atoms with Crippen molar-refractivity contribution in [3.05, 3.63) is 94.5 Å². The molecule has 138 valence electrons. The number of hydrogen-bond acceptors (Lipinski definition) is 3. The molecule has 0 fully saturated rings. The van der Waals surface area contributed by atoms with E-state index >= 15 is 0 Å². The Bertz CT molecular complexity index is 980. The molecule has 6 heteroatoms. The van der Waals surface area contributed by atoms with Gasteiger partial charge in [0.15, 0.2) is 0 Å². The van der Waals surface area contributed by atoms with Crippen molar-refractivity contribution >= 4 is 34.9 Å². The Kier molecular flexibility index (Phi) is 5.74. The Balaban J connectivity index is 0.00000280. The third-order valence-corrected chi connectivity index (χ3v) is 4.15. The monoisotopic (exact) mass is 382 g/mol. The summed E-state index contributed by atoms with van der Waals surface area (Å²) in [5, 5.41) is 15.5. The second-order valence-electron chi connectivity index (χ2n) is 5.87. The molecule has 0 aliphatic heterocycles. The number of carboxylic acid groups (broad SMARTS) is 1. The highest BCUT2D eigenvalue weighted by Gasteiger charge is 2.13. The van der Waals surface area contributed by atoms with Crippen LogP contribution in [0.1, 0.15) is 27.7 Å². The summed E-state index contributed by atoms with van der Waals surface area (Å²) in [6.07, 6.45) is 0. The molecule has 0 saturated heterocycles. The number of carboxylic acids is 1. The van der Waals surface area contributed by atoms with Crippen LogP contribution < -0.4 is 10.6 Å². The number of halogens is 1. The molecule has 0 aliphatic carbocycles. The van der Waals surface area contributed by atoms with Crippen LogP contribution in [-0.2, 0) is 6.54 Å². The summed E-state index contributed by atoms with van der Waals surface area (Å²) in [6.45, 7) is 0.553. The zero-order valence-electron chi connectivity index (χ0n) is 14.3. The summed E-state index contributed by atoms with van der Waals surface area (Å²) in [6, 6.07) is 20.9. The van der Waals surface area contributed by atoms with Gasteiger partial charge in [0.2, 0.25) is 0 Å². The van der Waals surface area contributed by atoms with Crippen molar-refractivity contribution in [3.8, 4) is 0 Å². The van der Waals surface area contributed by atoms with Crippen LogP contribution in [0.3, 0.4) is 0 Å². The van der Waals surface area contributed by atoms with Crippen molar-refractivity contribution < 1.29 is 16.1 Å². The lowest BCUT2D eigenvalue weighted by atomic mass is 10.1. The number of carbonyl (C=O) groups excluding carboxylic acids is 1. The SMILES string of the molecule is O=C(O)c1cccc(NC(=O)c2cc(Cl)ccc2NCc2ccccc2)c1.[HH]. The van der Waals surface area contributed by atoms with Gasteiger partial charge in [-0.3, -0.25) is 4.79 Å². The van der Waals surface area contributed by atoms with Crippen molar-refractivity contribution in [1.29, 1.82) is 0 Å². The van der Waals surface area contributed by atoms with Crippen LogP contribution in [0.4, 0.5) is 11.4 Å². The number of aromatic carboxylic acids is 1. The first-order chi connectivity index (χ1) is 13.0. The number of hydrogen-bond donors (Lipinski definition) is 3. The minimum Gasteiger partial charge on any atom is -0.478 e. The van der Waals surface area contributed by atoms with E-state index in [9.17, 15) is 9.59 Å². The van der Waals surface area contributed by atoms with Crippen LogP contribution in [0.15, 0.2) is 72.8 Å². The van der Waals surface area contributed by atoms with Crippen LogP contribution in [-0.4, -0.2) is 17.0 Å². The van der Waals surface area contributed by atoms with Crippen molar-refractivity contribution in [2.45, 2.75) is 6.54 Å². The fraction of sp³-hybridized carbons (Fsp3) is 0.0476. The van der Waals surface area contributed by atoms with E-state index in [2.05, 4.69) is 10.6 Å². The second kappa shape index (κ2) is 8.38. The van der Waals surface area contributed by atoms with E-state index in [1.54, 1.807) is 30.3 Å². The molecule has 0 spiro atoms. The van der Waals surface area contributed by atoms with E-state index in [4.69, 9.17) is 16.7 Å². The smallest absolute Gasteiger partial charge is 0.335 e. The molecule has 0 unspecified atom stereocenters. The predicted octanol–water partition coefficient (Wildman–Crippen LogP) is 5.15. The number of benzene rings is 3. The molecule has 3 aromatic rings. The zero-order valence-corrected chi connectivity index (χ0v) is 15.0. The summed E-state index contributed by atoms with van der Waals surface area (Å²) >= 11 is 6.06. The van der Waals surface area contributed by atoms with Gasteiger partial charge in [-0.05, 0) is 42.0 Å². The predicted molar refractivity (Wildman–Crippen MR) is 109 cm³/mol. The first kappa shape index (κ1) is 18.5. The Labute approximate surface area is 163 Å². The number of amides is 1. The lowest BCUT2D eigenvalue weighted by molar-refractivity contribution is 0.0696. The van der Waals surface area contributed by atoms with Crippen LogP contribution in [0, 0.1) is 0 Å². The van der Waals surface area contributed by atoms with Crippen LogP contribution in [0.2, 0.25) is 5.02 Å². The van der Waals surface area contributed by atoms with E-state index in [1.165, 1.54) is 12.1 Å². The molecule has 5 nitrogen and oxygen atoms in total. The van der Waals surface area contributed by atoms with E-state index in [-0.39, 0.29) is 12.9 Å². The van der Waals surface area contributed by atoms with Gasteiger partial charge in [-0.15, -0.1) is 0 Å². The molecular weight excluding hydrogens is 364 g/mol. The van der Waals surface area contributed by atoms with Crippen molar-refractivity contribution in [1.82, 2.24) is 0 Å². The normalized spacial score (nSPS) is 10.3. The van der Waals surface area contributed by atoms with Gasteiger partial charge in [-0.1, -0.05) is 48.0 Å². The molecule has 0 saturated carbocycles. The minimum absolute atomic E-state index is 0. The zero-order chi connectivity index (χ0) is 19.2. The van der Waals surface area contributed by atoms with E-state index in [0.717, 1.165) is 5.56 Å². The minimum atomic E-state index is -1.06. The Morgan fingerprint density at radius 1 is 0.963 bits per heavy atom. The number of anilines is 2. The quantitative estimate of drug-likeness (QED) is 0.551. The van der Waals surface area contributed by atoms with Crippen molar-refractivity contribution in [2.24, 2.45) is 0 Å². The van der Waals surface area contributed by atoms with Crippen LogP contribution in [0.5, 0.6) is 0 Å². The standard InChI is InChI=1S/C21H17ClN2O3.H2/c22-16-9-10-19(23-13-14-5-2-1-3-6-14)18(12-16)20(25)24-17-8-4-7-15(11-17)21(26)27;/h1-12,23H,13H2,(H,24,25)(H,26,27);1H. The Morgan fingerprint density at radius 2 is 1.74 bits per heavy atom. The maximum Gasteiger partial charge on any atom is 0.335 e. The van der Waals surface area contributed by atoms with Crippen LogP contribution in [0.25, 0.3) is 0 Å². The molecule has 3 rings (SSSR count). The third kappa shape index (κ3) is 4.86. The fourth-order valence-corrected chi connectivity index (χ4v) is 2.75. The Hall–Kier alpha value is -3.31. The average molecular weight is 383 g/mol. The van der Waals surface area contributed by atoms with Crippen molar-refractivity contribution in [2.75, 3.05) is 10.6 Å². The van der Waals surface area contributed by atoms with Gasteiger partial charge in [-0.25, -0.2) is 4.79 Å². The first-order valence-electron chi connectivity index (χ1n) is 8.25. The van der Waals surface area contributed by atoms with E-state index in [0.29, 0.717) is 28.5 Å². The fourth-order valence-electron chi connectivity index (χ4n) is 2.58. The molecule has 3 aromatic carbocycles.